The zero-order valence-corrected chi connectivity index (χ0v) is 15.9. The van der Waals surface area contributed by atoms with Gasteiger partial charge in [0.1, 0.15) is 0 Å². The predicted molar refractivity (Wildman–Crippen MR) is 105 cm³/mol. The second-order valence-corrected chi connectivity index (χ2v) is 7.17. The van der Waals surface area contributed by atoms with Crippen molar-refractivity contribution < 1.29 is 19.1 Å². The lowest BCUT2D eigenvalue weighted by molar-refractivity contribution is -0.120. The number of anilines is 1. The van der Waals surface area contributed by atoms with Crippen molar-refractivity contribution in [3.8, 4) is 11.5 Å². The minimum absolute atomic E-state index is 0.104. The first-order chi connectivity index (χ1) is 13.0. The summed E-state index contributed by atoms with van der Waals surface area (Å²) in [5.74, 6) is -0.0555. The zero-order valence-electron chi connectivity index (χ0n) is 14.3. The van der Waals surface area contributed by atoms with E-state index in [1.54, 1.807) is 35.9 Å². The van der Waals surface area contributed by atoms with Gasteiger partial charge in [0.15, 0.2) is 28.4 Å². The number of ether oxygens (including phenoxy) is 2. The van der Waals surface area contributed by atoms with Crippen molar-refractivity contribution in [2.45, 2.75) is 6.92 Å². The topological polar surface area (TPSA) is 119 Å². The summed E-state index contributed by atoms with van der Waals surface area (Å²) >= 11 is 2.36. The zero-order chi connectivity index (χ0) is 19.4. The number of carbonyl (C=O) groups excluding carboxylic acids is 2. The van der Waals surface area contributed by atoms with Gasteiger partial charge >= 0.3 is 0 Å². The molecule has 1 fully saturated rings. The van der Waals surface area contributed by atoms with Crippen LogP contribution in [0.5, 0.6) is 11.5 Å². The van der Waals surface area contributed by atoms with Crippen molar-refractivity contribution in [2.24, 2.45) is 5.73 Å². The molecule has 0 saturated carbocycles. The van der Waals surface area contributed by atoms with Gasteiger partial charge in [0.2, 0.25) is 0 Å². The van der Waals surface area contributed by atoms with Crippen molar-refractivity contribution in [1.29, 1.82) is 5.41 Å². The third-order valence-corrected chi connectivity index (χ3v) is 5.01. The number of hydrogen-bond acceptors (Lipinski definition) is 8. The maximum atomic E-state index is 12.6. The van der Waals surface area contributed by atoms with Crippen LogP contribution in [0.15, 0.2) is 34.7 Å². The number of aromatic nitrogens is 1. The molecule has 3 rings (SSSR count). The van der Waals surface area contributed by atoms with E-state index in [-0.39, 0.29) is 17.7 Å². The Hall–Kier alpha value is -2.85. The molecule has 1 aliphatic rings. The van der Waals surface area contributed by atoms with Gasteiger partial charge < -0.3 is 15.2 Å². The molecule has 0 spiro atoms. The lowest BCUT2D eigenvalue weighted by atomic mass is 10.2. The van der Waals surface area contributed by atoms with Crippen LogP contribution in [0.4, 0.5) is 5.13 Å². The minimum Gasteiger partial charge on any atom is -0.490 e. The smallest absolute Gasteiger partial charge is 0.273 e. The molecule has 0 atom stereocenters. The average Bonchev–Trinajstić information content (AvgIpc) is 3.23. The van der Waals surface area contributed by atoms with E-state index in [0.717, 1.165) is 11.8 Å². The molecule has 27 heavy (non-hydrogen) atoms. The Labute approximate surface area is 163 Å². The fourth-order valence-electron chi connectivity index (χ4n) is 2.29. The summed E-state index contributed by atoms with van der Waals surface area (Å²) in [7, 11) is 0. The molecule has 0 bridgehead atoms. The molecule has 3 N–H and O–H groups in total. The fraction of sp³-hybridized carbons (Fsp3) is 0.176. The minimum atomic E-state index is -0.586. The normalized spacial score (nSPS) is 15.4. The predicted octanol–water partition coefficient (Wildman–Crippen LogP) is 2.46. The molecule has 1 saturated heterocycles. The van der Waals surface area contributed by atoms with Crippen LogP contribution in [0.1, 0.15) is 12.5 Å². The molecule has 1 aromatic carbocycles. The Morgan fingerprint density at radius 1 is 1.37 bits per heavy atom. The molecular formula is C17H16N4O4S2. The molecule has 0 aliphatic carbocycles. The third-order valence-electron chi connectivity index (χ3n) is 3.37. The monoisotopic (exact) mass is 404 g/mol. The number of nitrogens with two attached hydrogens (primary N) is 1. The number of nitrogens with zero attached hydrogens (tertiary/aromatic N) is 2. The Balaban J connectivity index is 1.86. The Morgan fingerprint density at radius 3 is 2.85 bits per heavy atom. The van der Waals surface area contributed by atoms with E-state index in [0.29, 0.717) is 33.7 Å². The molecule has 2 amide bonds. The van der Waals surface area contributed by atoms with Gasteiger partial charge in [-0.3, -0.25) is 15.0 Å². The van der Waals surface area contributed by atoms with E-state index < -0.39 is 5.91 Å². The van der Waals surface area contributed by atoms with Crippen molar-refractivity contribution in [2.75, 3.05) is 18.1 Å². The molecule has 2 aromatic rings. The molecule has 8 nitrogen and oxygen atoms in total. The van der Waals surface area contributed by atoms with Gasteiger partial charge in [-0.25, -0.2) is 9.88 Å². The average molecular weight is 404 g/mol. The van der Waals surface area contributed by atoms with Crippen LogP contribution in [0.3, 0.4) is 0 Å². The van der Waals surface area contributed by atoms with Crippen LogP contribution in [-0.2, 0) is 9.59 Å². The number of primary amides is 1. The van der Waals surface area contributed by atoms with E-state index in [1.807, 2.05) is 6.92 Å². The third kappa shape index (κ3) is 4.29. The number of carbonyl (C=O) groups is 2. The molecule has 140 valence electrons. The Kier molecular flexibility index (Phi) is 5.77. The molecule has 1 aliphatic heterocycles. The van der Waals surface area contributed by atoms with E-state index in [2.05, 4.69) is 4.98 Å². The van der Waals surface area contributed by atoms with Gasteiger partial charge in [0.05, 0.1) is 11.5 Å². The summed E-state index contributed by atoms with van der Waals surface area (Å²) < 4.78 is 10.9. The van der Waals surface area contributed by atoms with Crippen molar-refractivity contribution in [3.05, 3.63) is 40.2 Å². The molecular weight excluding hydrogens is 388 g/mol. The van der Waals surface area contributed by atoms with Gasteiger partial charge in [-0.2, -0.15) is 0 Å². The fourth-order valence-corrected chi connectivity index (χ4v) is 3.83. The lowest BCUT2D eigenvalue weighted by Gasteiger charge is -2.11. The van der Waals surface area contributed by atoms with Crippen molar-refractivity contribution in [1.82, 2.24) is 4.98 Å². The summed E-state index contributed by atoms with van der Waals surface area (Å²) in [5, 5.41) is 10.4. The van der Waals surface area contributed by atoms with Crippen molar-refractivity contribution >= 4 is 51.3 Å². The summed E-state index contributed by atoms with van der Waals surface area (Å²) in [4.78, 5) is 29.3. The van der Waals surface area contributed by atoms with E-state index >= 15 is 0 Å². The highest BCUT2D eigenvalue weighted by Gasteiger charge is 2.35. The van der Waals surface area contributed by atoms with Gasteiger partial charge in [-0.1, -0.05) is 6.07 Å². The second-order valence-electron chi connectivity index (χ2n) is 5.27. The largest absolute Gasteiger partial charge is 0.490 e. The number of thiazole rings is 1. The molecule has 10 heteroatoms. The number of hydrogen-bond donors (Lipinski definition) is 2. The van der Waals surface area contributed by atoms with Gasteiger partial charge in [-0.15, -0.1) is 11.3 Å². The van der Waals surface area contributed by atoms with Crippen LogP contribution in [0, 0.1) is 5.41 Å². The number of benzene rings is 1. The summed E-state index contributed by atoms with van der Waals surface area (Å²) in [5.41, 5.74) is 5.80. The highest BCUT2D eigenvalue weighted by molar-refractivity contribution is 8.19. The quantitative estimate of drug-likeness (QED) is 0.684. The maximum absolute atomic E-state index is 12.6. The van der Waals surface area contributed by atoms with Crippen LogP contribution in [-0.4, -0.2) is 35.2 Å². The first-order valence-corrected chi connectivity index (χ1v) is 9.59. The van der Waals surface area contributed by atoms with Gasteiger partial charge in [-0.05, 0) is 42.5 Å². The Morgan fingerprint density at radius 2 is 2.19 bits per heavy atom. The van der Waals surface area contributed by atoms with Gasteiger partial charge in [0.25, 0.3) is 11.8 Å². The second kappa shape index (κ2) is 8.23. The number of rotatable bonds is 7. The SMILES string of the molecule is CCOc1cc(/C=C2/SC(=N)N(c3nccs3)C2=O)ccc1OCC(N)=O. The van der Waals surface area contributed by atoms with Crippen LogP contribution >= 0.6 is 23.1 Å². The van der Waals surface area contributed by atoms with Crippen LogP contribution in [0.25, 0.3) is 6.08 Å². The maximum Gasteiger partial charge on any atom is 0.273 e. The number of thioether (sulfide) groups is 1. The number of amidine groups is 1. The molecule has 0 unspecified atom stereocenters. The van der Waals surface area contributed by atoms with Gasteiger partial charge in [0, 0.05) is 11.6 Å². The summed E-state index contributed by atoms with van der Waals surface area (Å²) in [6, 6.07) is 5.08. The summed E-state index contributed by atoms with van der Waals surface area (Å²) in [6.45, 7) is 1.98. The standard InChI is InChI=1S/C17H16N4O4S2/c1-2-24-12-7-10(3-4-11(12)25-9-14(18)22)8-13-15(23)21(16(19)27-13)17-20-5-6-26-17/h3-8,19H,2,9H2,1H3,(H2,18,22)/b13-8+,19-16?. The van der Waals surface area contributed by atoms with Crippen LogP contribution < -0.4 is 20.1 Å². The molecule has 0 radical (unpaired) electrons. The highest BCUT2D eigenvalue weighted by Crippen LogP contribution is 2.37. The Bertz CT molecular complexity index is 912. The van der Waals surface area contributed by atoms with E-state index in [4.69, 9.17) is 20.6 Å². The van der Waals surface area contributed by atoms with Crippen molar-refractivity contribution in [3.63, 3.8) is 0 Å². The summed E-state index contributed by atoms with van der Waals surface area (Å²) in [6.07, 6.45) is 3.27. The number of amides is 2. The van der Waals surface area contributed by atoms with E-state index in [9.17, 15) is 9.59 Å². The molecule has 1 aromatic heterocycles. The lowest BCUT2D eigenvalue weighted by Crippen LogP contribution is -2.27. The van der Waals surface area contributed by atoms with E-state index in [1.165, 1.54) is 16.2 Å². The highest BCUT2D eigenvalue weighted by atomic mass is 32.2. The first kappa shape index (κ1) is 18.9. The number of nitrogens with one attached hydrogen (secondary N) is 1. The first-order valence-electron chi connectivity index (χ1n) is 7.89. The van der Waals surface area contributed by atoms with Crippen LogP contribution in [0.2, 0.25) is 0 Å². The molecule has 2 heterocycles.